The molecule has 0 unspecified atom stereocenters. The van der Waals surface area contributed by atoms with E-state index in [1.54, 1.807) is 4.57 Å². The molecule has 2 aliphatic heterocycles. The number of fused-ring (bicyclic) bond motifs is 1. The molecule has 8 heteroatoms. The van der Waals surface area contributed by atoms with Gasteiger partial charge in [0.25, 0.3) is 0 Å². The van der Waals surface area contributed by atoms with Crippen molar-refractivity contribution >= 4 is 28.3 Å². The minimum absolute atomic E-state index is 0.0336. The molecule has 1 aromatic carbocycles. The third-order valence-corrected chi connectivity index (χ3v) is 6.52. The summed E-state index contributed by atoms with van der Waals surface area (Å²) in [4.78, 5) is 42.7. The summed E-state index contributed by atoms with van der Waals surface area (Å²) in [5.74, 6) is -0.0336. The molecule has 4 rings (SSSR count). The molecule has 0 bridgehead atoms. The highest BCUT2D eigenvalue weighted by Crippen LogP contribution is 2.33. The van der Waals surface area contributed by atoms with Crippen molar-refractivity contribution < 1.29 is 4.79 Å². The molecule has 2 aromatic rings. The summed E-state index contributed by atoms with van der Waals surface area (Å²) in [6, 6.07) is 3.88. The number of anilines is 2. The van der Waals surface area contributed by atoms with Crippen molar-refractivity contribution in [3.05, 3.63) is 32.8 Å². The van der Waals surface area contributed by atoms with E-state index in [2.05, 4.69) is 15.1 Å². The lowest BCUT2D eigenvalue weighted by molar-refractivity contribution is -0.117. The van der Waals surface area contributed by atoms with Crippen molar-refractivity contribution in [2.24, 2.45) is 0 Å². The molecule has 3 heterocycles. The topological polar surface area (TPSA) is 79.6 Å². The fourth-order valence-electron chi connectivity index (χ4n) is 4.91. The van der Waals surface area contributed by atoms with E-state index >= 15 is 0 Å². The summed E-state index contributed by atoms with van der Waals surface area (Å²) in [5.41, 5.74) is 2.08. The Kier molecular flexibility index (Phi) is 6.46. The summed E-state index contributed by atoms with van der Waals surface area (Å²) in [6.45, 7) is 8.71. The maximum absolute atomic E-state index is 12.8. The van der Waals surface area contributed by atoms with Gasteiger partial charge in [0.15, 0.2) is 0 Å². The second-order valence-electron chi connectivity index (χ2n) is 8.54. The van der Waals surface area contributed by atoms with Crippen molar-refractivity contribution in [3.8, 4) is 0 Å². The lowest BCUT2D eigenvalue weighted by atomic mass is 10.1. The quantitative estimate of drug-likeness (QED) is 0.715. The van der Waals surface area contributed by atoms with E-state index < -0.39 is 11.1 Å². The van der Waals surface area contributed by atoms with Crippen molar-refractivity contribution in [2.45, 2.75) is 59.0 Å². The molecule has 1 amide bonds. The van der Waals surface area contributed by atoms with Crippen LogP contribution in [0.4, 0.5) is 11.4 Å². The number of likely N-dealkylation sites (tertiary alicyclic amines) is 1. The number of carbonyl (C=O) groups is 1. The highest BCUT2D eigenvalue weighted by Gasteiger charge is 2.22. The van der Waals surface area contributed by atoms with Gasteiger partial charge in [-0.15, -0.1) is 0 Å². The lowest BCUT2D eigenvalue weighted by Gasteiger charge is -2.31. The number of aromatic nitrogens is 2. The van der Waals surface area contributed by atoms with E-state index in [0.29, 0.717) is 25.2 Å². The summed E-state index contributed by atoms with van der Waals surface area (Å²) in [6.07, 6.45) is 5.69. The maximum atomic E-state index is 12.8. The molecule has 2 aliphatic rings. The van der Waals surface area contributed by atoms with Crippen LogP contribution in [0.3, 0.4) is 0 Å². The standard InChI is InChI=1S/C23H33N5O3/c1-3-27-19-14-17(24-21(29)16-25-10-8-9-11-25)18(26-12-6-5-7-13-26)15-20(19)28(4-2)23(31)22(27)30/h14-15H,3-13,16H2,1-2H3,(H,24,29). The number of nitrogens with one attached hydrogen (secondary N) is 1. The number of amides is 1. The fraction of sp³-hybridized carbons (Fsp3) is 0.609. The molecule has 0 atom stereocenters. The second kappa shape index (κ2) is 9.26. The van der Waals surface area contributed by atoms with Gasteiger partial charge in [0.2, 0.25) is 5.91 Å². The number of piperidine rings is 1. The summed E-state index contributed by atoms with van der Waals surface area (Å²) in [5, 5.41) is 3.12. The average molecular weight is 428 g/mol. The second-order valence-corrected chi connectivity index (χ2v) is 8.54. The Bertz CT molecular complexity index is 1080. The summed E-state index contributed by atoms with van der Waals surface area (Å²) in [7, 11) is 0. The van der Waals surface area contributed by atoms with Gasteiger partial charge in [-0.05, 0) is 71.2 Å². The number of aryl methyl sites for hydroxylation is 2. The van der Waals surface area contributed by atoms with Crippen LogP contribution in [-0.2, 0) is 17.9 Å². The van der Waals surface area contributed by atoms with E-state index in [1.807, 2.05) is 26.0 Å². The first kappa shape index (κ1) is 21.6. The molecule has 8 nitrogen and oxygen atoms in total. The zero-order valence-electron chi connectivity index (χ0n) is 18.7. The Hall–Kier alpha value is -2.61. The van der Waals surface area contributed by atoms with E-state index in [-0.39, 0.29) is 5.91 Å². The van der Waals surface area contributed by atoms with Crippen molar-refractivity contribution in [1.29, 1.82) is 0 Å². The summed E-state index contributed by atoms with van der Waals surface area (Å²) < 4.78 is 3.06. The van der Waals surface area contributed by atoms with Crippen LogP contribution < -0.4 is 21.3 Å². The Labute approximate surface area is 182 Å². The molecular formula is C23H33N5O3. The summed E-state index contributed by atoms with van der Waals surface area (Å²) >= 11 is 0. The van der Waals surface area contributed by atoms with Crippen molar-refractivity contribution in [3.63, 3.8) is 0 Å². The molecule has 0 spiro atoms. The van der Waals surface area contributed by atoms with Gasteiger partial charge in [-0.25, -0.2) is 0 Å². The first-order chi connectivity index (χ1) is 15.0. The number of carbonyl (C=O) groups excluding carboxylic acids is 1. The van der Waals surface area contributed by atoms with Crippen molar-refractivity contribution in [2.75, 3.05) is 42.9 Å². The van der Waals surface area contributed by atoms with Crippen LogP contribution in [0.1, 0.15) is 46.0 Å². The largest absolute Gasteiger partial charge is 0.370 e. The van der Waals surface area contributed by atoms with E-state index in [4.69, 9.17) is 0 Å². The third kappa shape index (κ3) is 4.26. The smallest absolute Gasteiger partial charge is 0.316 e. The Morgan fingerprint density at radius 2 is 1.39 bits per heavy atom. The van der Waals surface area contributed by atoms with Gasteiger partial charge in [0.1, 0.15) is 0 Å². The van der Waals surface area contributed by atoms with Gasteiger partial charge in [-0.3, -0.25) is 19.3 Å². The molecule has 31 heavy (non-hydrogen) atoms. The number of nitrogens with zero attached hydrogens (tertiary/aromatic N) is 4. The zero-order chi connectivity index (χ0) is 22.0. The van der Waals surface area contributed by atoms with E-state index in [1.165, 1.54) is 11.0 Å². The van der Waals surface area contributed by atoms with E-state index in [9.17, 15) is 14.4 Å². The first-order valence-electron chi connectivity index (χ1n) is 11.6. The molecule has 0 aliphatic carbocycles. The average Bonchev–Trinajstić information content (AvgIpc) is 3.28. The monoisotopic (exact) mass is 427 g/mol. The van der Waals surface area contributed by atoms with Gasteiger partial charge in [-0.1, -0.05) is 0 Å². The van der Waals surface area contributed by atoms with Gasteiger partial charge in [-0.2, -0.15) is 0 Å². The van der Waals surface area contributed by atoms with Gasteiger partial charge in [0, 0.05) is 26.2 Å². The van der Waals surface area contributed by atoms with Crippen LogP contribution in [0.5, 0.6) is 0 Å². The number of hydrogen-bond acceptors (Lipinski definition) is 5. The number of benzene rings is 1. The zero-order valence-corrected chi connectivity index (χ0v) is 18.7. The minimum atomic E-state index is -0.517. The minimum Gasteiger partial charge on any atom is -0.370 e. The van der Waals surface area contributed by atoms with Crippen LogP contribution in [-0.4, -0.2) is 52.7 Å². The highest BCUT2D eigenvalue weighted by molar-refractivity contribution is 5.99. The molecule has 1 aromatic heterocycles. The molecule has 1 N–H and O–H groups in total. The Morgan fingerprint density at radius 3 is 1.97 bits per heavy atom. The van der Waals surface area contributed by atoms with Crippen LogP contribution in [0.2, 0.25) is 0 Å². The molecular weight excluding hydrogens is 394 g/mol. The highest BCUT2D eigenvalue weighted by atomic mass is 16.2. The number of hydrogen-bond donors (Lipinski definition) is 1. The fourth-order valence-corrected chi connectivity index (χ4v) is 4.91. The SMILES string of the molecule is CCn1c(=O)c(=O)n(CC)c2cc(N3CCCCC3)c(NC(=O)CN3CCCC3)cc21. The molecule has 2 saturated heterocycles. The predicted molar refractivity (Wildman–Crippen MR) is 124 cm³/mol. The predicted octanol–water partition coefficient (Wildman–Crippen LogP) is 2.23. The normalized spacial score (nSPS) is 17.4. The van der Waals surface area contributed by atoms with E-state index in [0.717, 1.165) is 68.8 Å². The van der Waals surface area contributed by atoms with Gasteiger partial charge < -0.3 is 19.4 Å². The maximum Gasteiger partial charge on any atom is 0.316 e. The van der Waals surface area contributed by atoms with Gasteiger partial charge >= 0.3 is 11.1 Å². The molecule has 2 fully saturated rings. The van der Waals surface area contributed by atoms with Crippen LogP contribution >= 0.6 is 0 Å². The van der Waals surface area contributed by atoms with Crippen LogP contribution in [0, 0.1) is 0 Å². The lowest BCUT2D eigenvalue weighted by Crippen LogP contribution is -2.41. The first-order valence-corrected chi connectivity index (χ1v) is 11.6. The molecule has 0 saturated carbocycles. The van der Waals surface area contributed by atoms with Crippen LogP contribution in [0.15, 0.2) is 21.7 Å². The Balaban J connectivity index is 1.83. The third-order valence-electron chi connectivity index (χ3n) is 6.52. The molecule has 168 valence electrons. The van der Waals surface area contributed by atoms with Crippen LogP contribution in [0.25, 0.3) is 11.0 Å². The molecule has 0 radical (unpaired) electrons. The van der Waals surface area contributed by atoms with Crippen molar-refractivity contribution in [1.82, 2.24) is 14.0 Å². The number of rotatable bonds is 6. The Morgan fingerprint density at radius 1 is 0.839 bits per heavy atom. The van der Waals surface area contributed by atoms with Gasteiger partial charge in [0.05, 0.1) is 29.0 Å².